The quantitative estimate of drug-likeness (QED) is 0.772. The average Bonchev–Trinajstić information content (AvgIpc) is 2.75. The number of rotatable bonds is 3. The summed E-state index contributed by atoms with van der Waals surface area (Å²) in [7, 11) is 1.69. The maximum atomic E-state index is 5.49. The SMILES string of the molecule is COc1cc(CC2CCCCCC2)cc2c1OCO2. The number of hydrogen-bond acceptors (Lipinski definition) is 3. The summed E-state index contributed by atoms with van der Waals surface area (Å²) in [4.78, 5) is 0. The van der Waals surface area contributed by atoms with Gasteiger partial charge in [-0.2, -0.15) is 0 Å². The topological polar surface area (TPSA) is 27.7 Å². The smallest absolute Gasteiger partial charge is 0.231 e. The zero-order valence-electron chi connectivity index (χ0n) is 11.6. The van der Waals surface area contributed by atoms with E-state index in [1.165, 1.54) is 44.1 Å². The Morgan fingerprint density at radius 1 is 1.11 bits per heavy atom. The molecule has 3 heteroatoms. The van der Waals surface area contributed by atoms with Crippen LogP contribution < -0.4 is 14.2 Å². The molecule has 1 aliphatic carbocycles. The second-order valence-corrected chi connectivity index (χ2v) is 5.59. The summed E-state index contributed by atoms with van der Waals surface area (Å²) in [5.74, 6) is 3.21. The fourth-order valence-electron chi connectivity index (χ4n) is 3.20. The van der Waals surface area contributed by atoms with E-state index in [9.17, 15) is 0 Å². The van der Waals surface area contributed by atoms with Gasteiger partial charge in [-0.1, -0.05) is 38.5 Å². The largest absolute Gasteiger partial charge is 0.493 e. The molecule has 0 aromatic heterocycles. The van der Waals surface area contributed by atoms with Crippen LogP contribution in [0, 0.1) is 5.92 Å². The van der Waals surface area contributed by atoms with Gasteiger partial charge in [0, 0.05) is 0 Å². The summed E-state index contributed by atoms with van der Waals surface area (Å²) in [6.07, 6.45) is 9.42. The molecule has 3 rings (SSSR count). The highest BCUT2D eigenvalue weighted by Crippen LogP contribution is 2.42. The van der Waals surface area contributed by atoms with Crippen molar-refractivity contribution in [3.05, 3.63) is 17.7 Å². The van der Waals surface area contributed by atoms with Gasteiger partial charge in [0.05, 0.1) is 7.11 Å². The summed E-state index contributed by atoms with van der Waals surface area (Å²) < 4.78 is 16.3. The molecule has 0 spiro atoms. The summed E-state index contributed by atoms with van der Waals surface area (Å²) in [6, 6.07) is 4.23. The monoisotopic (exact) mass is 262 g/mol. The van der Waals surface area contributed by atoms with E-state index in [0.29, 0.717) is 6.79 Å². The van der Waals surface area contributed by atoms with Crippen LogP contribution >= 0.6 is 0 Å². The Morgan fingerprint density at radius 2 is 1.89 bits per heavy atom. The van der Waals surface area contributed by atoms with Gasteiger partial charge in [-0.25, -0.2) is 0 Å². The van der Waals surface area contributed by atoms with Crippen molar-refractivity contribution in [1.82, 2.24) is 0 Å². The fraction of sp³-hybridized carbons (Fsp3) is 0.625. The molecular formula is C16H22O3. The van der Waals surface area contributed by atoms with E-state index in [1.807, 2.05) is 0 Å². The third kappa shape index (κ3) is 2.80. The van der Waals surface area contributed by atoms with Crippen LogP contribution in [0.1, 0.15) is 44.1 Å². The predicted octanol–water partition coefficient (Wildman–Crippen LogP) is 3.94. The second-order valence-electron chi connectivity index (χ2n) is 5.59. The van der Waals surface area contributed by atoms with Crippen LogP contribution in [0.5, 0.6) is 17.2 Å². The van der Waals surface area contributed by atoms with Crippen molar-refractivity contribution in [3.63, 3.8) is 0 Å². The first kappa shape index (κ1) is 12.6. The summed E-state index contributed by atoms with van der Waals surface area (Å²) in [5, 5.41) is 0. The lowest BCUT2D eigenvalue weighted by Crippen LogP contribution is -2.03. The van der Waals surface area contributed by atoms with Gasteiger partial charge < -0.3 is 14.2 Å². The first-order valence-corrected chi connectivity index (χ1v) is 7.33. The van der Waals surface area contributed by atoms with Crippen LogP contribution in [-0.2, 0) is 6.42 Å². The molecule has 0 atom stereocenters. The number of hydrogen-bond donors (Lipinski definition) is 0. The molecule has 2 aliphatic rings. The minimum Gasteiger partial charge on any atom is -0.493 e. The molecule has 1 aromatic carbocycles. The van der Waals surface area contributed by atoms with Crippen molar-refractivity contribution in [1.29, 1.82) is 0 Å². The lowest BCUT2D eigenvalue weighted by molar-refractivity contribution is 0.171. The normalized spacial score (nSPS) is 19.2. The highest BCUT2D eigenvalue weighted by atomic mass is 16.7. The van der Waals surface area contributed by atoms with Crippen LogP contribution in [0.15, 0.2) is 12.1 Å². The number of methoxy groups -OCH3 is 1. The van der Waals surface area contributed by atoms with Crippen molar-refractivity contribution >= 4 is 0 Å². The van der Waals surface area contributed by atoms with Gasteiger partial charge in [0.25, 0.3) is 0 Å². The number of fused-ring (bicyclic) bond motifs is 1. The van der Waals surface area contributed by atoms with Crippen molar-refractivity contribution in [2.45, 2.75) is 44.9 Å². The molecule has 1 aliphatic heterocycles. The maximum absolute atomic E-state index is 5.49. The molecule has 1 heterocycles. The lowest BCUT2D eigenvalue weighted by Gasteiger charge is -2.15. The minimum absolute atomic E-state index is 0.304. The van der Waals surface area contributed by atoms with Gasteiger partial charge in [0.15, 0.2) is 11.5 Å². The van der Waals surface area contributed by atoms with Gasteiger partial charge >= 0.3 is 0 Å². The van der Waals surface area contributed by atoms with E-state index >= 15 is 0 Å². The molecule has 0 radical (unpaired) electrons. The molecule has 0 amide bonds. The van der Waals surface area contributed by atoms with Crippen LogP contribution in [0.25, 0.3) is 0 Å². The molecule has 1 fully saturated rings. The van der Waals surface area contributed by atoms with Crippen molar-refractivity contribution in [3.8, 4) is 17.2 Å². The molecule has 104 valence electrons. The van der Waals surface area contributed by atoms with Crippen molar-refractivity contribution in [2.75, 3.05) is 13.9 Å². The molecule has 1 aromatic rings. The van der Waals surface area contributed by atoms with Crippen LogP contribution in [0.2, 0.25) is 0 Å². The zero-order valence-corrected chi connectivity index (χ0v) is 11.6. The Hall–Kier alpha value is -1.38. The summed E-state index contributed by atoms with van der Waals surface area (Å²) >= 11 is 0. The van der Waals surface area contributed by atoms with Gasteiger partial charge in [0.1, 0.15) is 0 Å². The molecule has 1 saturated carbocycles. The fourth-order valence-corrected chi connectivity index (χ4v) is 3.20. The van der Waals surface area contributed by atoms with Crippen LogP contribution in [0.3, 0.4) is 0 Å². The second kappa shape index (κ2) is 5.72. The van der Waals surface area contributed by atoms with E-state index in [0.717, 1.165) is 29.6 Å². The van der Waals surface area contributed by atoms with Crippen molar-refractivity contribution in [2.24, 2.45) is 5.92 Å². The molecule has 3 nitrogen and oxygen atoms in total. The Labute approximate surface area is 114 Å². The highest BCUT2D eigenvalue weighted by Gasteiger charge is 2.21. The lowest BCUT2D eigenvalue weighted by atomic mass is 9.92. The van der Waals surface area contributed by atoms with E-state index in [1.54, 1.807) is 7.11 Å². The molecule has 0 saturated heterocycles. The zero-order chi connectivity index (χ0) is 13.1. The van der Waals surface area contributed by atoms with E-state index < -0.39 is 0 Å². The molecular weight excluding hydrogens is 240 g/mol. The third-order valence-electron chi connectivity index (χ3n) is 4.22. The van der Waals surface area contributed by atoms with Crippen molar-refractivity contribution < 1.29 is 14.2 Å². The average molecular weight is 262 g/mol. The standard InChI is InChI=1S/C16H22O3/c1-17-14-9-13(10-15-16(14)19-11-18-15)8-12-6-4-2-3-5-7-12/h9-10,12H,2-8,11H2,1H3. The molecule has 0 N–H and O–H groups in total. The maximum Gasteiger partial charge on any atom is 0.231 e. The van der Waals surface area contributed by atoms with Crippen LogP contribution in [0.4, 0.5) is 0 Å². The molecule has 0 unspecified atom stereocenters. The predicted molar refractivity (Wildman–Crippen MR) is 74.0 cm³/mol. The molecule has 0 bridgehead atoms. The third-order valence-corrected chi connectivity index (χ3v) is 4.22. The van der Waals surface area contributed by atoms with Crippen LogP contribution in [-0.4, -0.2) is 13.9 Å². The van der Waals surface area contributed by atoms with Gasteiger partial charge in [-0.05, 0) is 30.0 Å². The number of ether oxygens (including phenoxy) is 3. The van der Waals surface area contributed by atoms with Gasteiger partial charge in [-0.15, -0.1) is 0 Å². The Balaban J connectivity index is 1.77. The van der Waals surface area contributed by atoms with E-state index in [-0.39, 0.29) is 0 Å². The minimum atomic E-state index is 0.304. The highest BCUT2D eigenvalue weighted by molar-refractivity contribution is 5.55. The molecule has 19 heavy (non-hydrogen) atoms. The Bertz CT molecular complexity index is 434. The summed E-state index contributed by atoms with van der Waals surface area (Å²) in [5.41, 5.74) is 1.31. The summed E-state index contributed by atoms with van der Waals surface area (Å²) in [6.45, 7) is 0.304. The van der Waals surface area contributed by atoms with E-state index in [4.69, 9.17) is 14.2 Å². The number of benzene rings is 1. The van der Waals surface area contributed by atoms with Gasteiger partial charge in [-0.3, -0.25) is 0 Å². The van der Waals surface area contributed by atoms with Gasteiger partial charge in [0.2, 0.25) is 12.5 Å². The first-order chi connectivity index (χ1) is 9.36. The first-order valence-electron chi connectivity index (χ1n) is 7.33. The Morgan fingerprint density at radius 3 is 2.63 bits per heavy atom. The Kier molecular flexibility index (Phi) is 3.81. The van der Waals surface area contributed by atoms with E-state index in [2.05, 4.69) is 12.1 Å².